The Labute approximate surface area is 182 Å². The zero-order valence-corrected chi connectivity index (χ0v) is 16.8. The molecule has 0 aliphatic carbocycles. The summed E-state index contributed by atoms with van der Waals surface area (Å²) in [5, 5.41) is 44.7. The number of rotatable bonds is 5. The number of nitrogens with one attached hydrogen (secondary N) is 1. The number of hydrogen-bond donors (Lipinski definition) is 4. The number of hydrogen-bond acceptors (Lipinski definition) is 9. The summed E-state index contributed by atoms with van der Waals surface area (Å²) in [6.45, 7) is -0.00330. The zero-order valence-electron chi connectivity index (χ0n) is 16.8. The van der Waals surface area contributed by atoms with Crippen LogP contribution < -0.4 is 5.32 Å². The molecule has 1 saturated heterocycles. The highest BCUT2D eigenvalue weighted by Crippen LogP contribution is 2.32. The first-order valence-corrected chi connectivity index (χ1v) is 10.1. The highest BCUT2D eigenvalue weighted by Gasteiger charge is 2.44. The van der Waals surface area contributed by atoms with Crippen LogP contribution in [-0.4, -0.2) is 59.8 Å². The number of ether oxygens (including phenoxy) is 1. The van der Waals surface area contributed by atoms with E-state index in [1.807, 2.05) is 48.5 Å². The Hall–Kier alpha value is -3.62. The fourth-order valence-electron chi connectivity index (χ4n) is 4.01. The second-order valence-electron chi connectivity index (χ2n) is 7.55. The van der Waals surface area contributed by atoms with Gasteiger partial charge in [0.2, 0.25) is 5.82 Å². The Balaban J connectivity index is 1.51. The van der Waals surface area contributed by atoms with Gasteiger partial charge in [0.05, 0.1) is 12.9 Å². The summed E-state index contributed by atoms with van der Waals surface area (Å²) in [6, 6.07) is 16.0. The predicted molar refractivity (Wildman–Crippen MR) is 114 cm³/mol. The van der Waals surface area contributed by atoms with Crippen molar-refractivity contribution < 1.29 is 20.1 Å². The van der Waals surface area contributed by atoms with Crippen molar-refractivity contribution in [1.82, 2.24) is 19.5 Å². The maximum Gasteiger partial charge on any atom is 0.236 e. The lowest BCUT2D eigenvalue weighted by molar-refractivity contribution is -0.0511. The van der Waals surface area contributed by atoms with E-state index in [9.17, 15) is 20.6 Å². The Bertz CT molecular complexity index is 1330. The Morgan fingerprint density at radius 3 is 2.69 bits per heavy atom. The van der Waals surface area contributed by atoms with Gasteiger partial charge in [-0.15, -0.1) is 0 Å². The lowest BCUT2D eigenvalue weighted by atomic mass is 10.0. The molecule has 3 heterocycles. The normalized spacial score (nSPS) is 22.9. The Kier molecular flexibility index (Phi) is 5.16. The third-order valence-electron chi connectivity index (χ3n) is 5.64. The number of aliphatic hydroxyl groups is 3. The number of aromatic nitrogens is 4. The molecule has 5 rings (SSSR count). The van der Waals surface area contributed by atoms with Gasteiger partial charge >= 0.3 is 0 Å². The molecule has 1 aliphatic rings. The van der Waals surface area contributed by atoms with Gasteiger partial charge in [0.25, 0.3) is 0 Å². The molecule has 1 aliphatic heterocycles. The number of fused-ring (bicyclic) bond motifs is 2. The Morgan fingerprint density at radius 2 is 1.91 bits per heavy atom. The van der Waals surface area contributed by atoms with Crippen molar-refractivity contribution in [3.8, 4) is 6.07 Å². The lowest BCUT2D eigenvalue weighted by Gasteiger charge is -2.16. The highest BCUT2D eigenvalue weighted by molar-refractivity contribution is 5.87. The van der Waals surface area contributed by atoms with Gasteiger partial charge in [-0.05, 0) is 16.3 Å². The molecule has 162 valence electrons. The van der Waals surface area contributed by atoms with Crippen LogP contribution in [0.15, 0.2) is 48.8 Å². The molecule has 10 nitrogen and oxygen atoms in total. The summed E-state index contributed by atoms with van der Waals surface area (Å²) in [5.74, 6) is 0.288. The molecular weight excluding hydrogens is 412 g/mol. The van der Waals surface area contributed by atoms with Crippen molar-refractivity contribution in [3.63, 3.8) is 0 Å². The van der Waals surface area contributed by atoms with Gasteiger partial charge in [-0.3, -0.25) is 4.57 Å². The number of imidazole rings is 1. The van der Waals surface area contributed by atoms with E-state index in [-0.39, 0.29) is 11.5 Å². The van der Waals surface area contributed by atoms with Gasteiger partial charge in [-0.25, -0.2) is 4.98 Å². The van der Waals surface area contributed by atoms with Crippen LogP contribution in [0.2, 0.25) is 0 Å². The van der Waals surface area contributed by atoms with Gasteiger partial charge in [-0.1, -0.05) is 42.5 Å². The van der Waals surface area contributed by atoms with E-state index in [4.69, 9.17) is 4.74 Å². The smallest absolute Gasteiger partial charge is 0.236 e. The zero-order chi connectivity index (χ0) is 22.2. The minimum absolute atomic E-state index is 0.0774. The third kappa shape index (κ3) is 3.34. The molecule has 0 bridgehead atoms. The van der Waals surface area contributed by atoms with E-state index >= 15 is 0 Å². The first kappa shape index (κ1) is 20.3. The topological polar surface area (TPSA) is 149 Å². The van der Waals surface area contributed by atoms with Crippen LogP contribution in [0.3, 0.4) is 0 Å². The summed E-state index contributed by atoms with van der Waals surface area (Å²) in [7, 11) is 0. The van der Waals surface area contributed by atoms with Gasteiger partial charge < -0.3 is 25.4 Å². The van der Waals surface area contributed by atoms with Crippen molar-refractivity contribution in [1.29, 1.82) is 5.26 Å². The maximum absolute atomic E-state index is 10.4. The summed E-state index contributed by atoms with van der Waals surface area (Å²) in [4.78, 5) is 12.8. The molecule has 32 heavy (non-hydrogen) atoms. The van der Waals surface area contributed by atoms with Gasteiger partial charge in [0, 0.05) is 6.54 Å². The van der Waals surface area contributed by atoms with Crippen LogP contribution in [0.5, 0.6) is 0 Å². The average Bonchev–Trinajstić information content (AvgIpc) is 3.37. The molecule has 3 unspecified atom stereocenters. The summed E-state index contributed by atoms with van der Waals surface area (Å²) in [6.07, 6.45) is -3.10. The molecule has 0 radical (unpaired) electrons. The van der Waals surface area contributed by atoms with Crippen LogP contribution in [-0.2, 0) is 11.3 Å². The fourth-order valence-corrected chi connectivity index (χ4v) is 4.01. The van der Waals surface area contributed by atoms with Crippen LogP contribution >= 0.6 is 0 Å². The third-order valence-corrected chi connectivity index (χ3v) is 5.64. The molecule has 2 aromatic heterocycles. The van der Waals surface area contributed by atoms with E-state index in [2.05, 4.69) is 20.3 Å². The van der Waals surface area contributed by atoms with Crippen LogP contribution in [0.1, 0.15) is 17.6 Å². The van der Waals surface area contributed by atoms with Crippen LogP contribution in [0.4, 0.5) is 5.82 Å². The average molecular weight is 432 g/mol. The molecule has 10 heteroatoms. The molecular formula is C22H20N6O4. The monoisotopic (exact) mass is 432 g/mol. The molecule has 2 aromatic carbocycles. The molecule has 0 spiro atoms. The first-order valence-electron chi connectivity index (χ1n) is 10.1. The standard InChI is InChI=1S/C22H20N6O4/c23-8-16-26-20(24-9-13-6-3-5-12-4-1-2-7-14(12)13)17-21(27-16)28(11-25-17)22-19(31)18(30)15(10-29)32-22/h1-7,11,15,18-19,22,29-31H,9-10H2,(H,24,26,27)/t15-,18?,19?,22?/m1/s1. The number of nitrogens with zero attached hydrogens (tertiary/aromatic N) is 5. The molecule has 1 fully saturated rings. The summed E-state index contributed by atoms with van der Waals surface area (Å²) < 4.78 is 7.02. The molecule has 0 amide bonds. The van der Waals surface area contributed by atoms with Gasteiger partial charge in [0.15, 0.2) is 23.2 Å². The minimum Gasteiger partial charge on any atom is -0.394 e. The van der Waals surface area contributed by atoms with Crippen LogP contribution in [0, 0.1) is 11.3 Å². The Morgan fingerprint density at radius 1 is 1.09 bits per heavy atom. The van der Waals surface area contributed by atoms with Crippen LogP contribution in [0.25, 0.3) is 21.9 Å². The summed E-state index contributed by atoms with van der Waals surface area (Å²) >= 11 is 0. The fraction of sp³-hybridized carbons (Fsp3) is 0.273. The maximum atomic E-state index is 10.4. The van der Waals surface area contributed by atoms with Crippen molar-refractivity contribution in [2.24, 2.45) is 0 Å². The van der Waals surface area contributed by atoms with Crippen molar-refractivity contribution in [2.75, 3.05) is 11.9 Å². The second-order valence-corrected chi connectivity index (χ2v) is 7.55. The minimum atomic E-state index is -1.29. The number of nitriles is 1. The van der Waals surface area contributed by atoms with Crippen molar-refractivity contribution in [2.45, 2.75) is 31.1 Å². The van der Waals surface area contributed by atoms with E-state index in [0.717, 1.165) is 16.3 Å². The second kappa shape index (κ2) is 8.14. The largest absolute Gasteiger partial charge is 0.394 e. The first-order chi connectivity index (χ1) is 15.6. The SMILES string of the molecule is N#Cc1nc(NCc2cccc3ccccc23)c2ncn(C3O[C@H](CO)C(O)C3O)c2n1. The lowest BCUT2D eigenvalue weighted by Crippen LogP contribution is -2.33. The van der Waals surface area contributed by atoms with E-state index in [1.165, 1.54) is 10.9 Å². The molecule has 4 aromatic rings. The number of aliphatic hydroxyl groups excluding tert-OH is 3. The van der Waals surface area contributed by atoms with Gasteiger partial charge in [-0.2, -0.15) is 15.2 Å². The molecule has 4 atom stereocenters. The quantitative estimate of drug-likeness (QED) is 0.363. The number of benzene rings is 2. The van der Waals surface area contributed by atoms with Crippen molar-refractivity contribution in [3.05, 3.63) is 60.2 Å². The van der Waals surface area contributed by atoms with E-state index in [0.29, 0.717) is 17.9 Å². The highest BCUT2D eigenvalue weighted by atomic mass is 16.6. The molecule has 4 N–H and O–H groups in total. The molecule has 0 saturated carbocycles. The van der Waals surface area contributed by atoms with Crippen molar-refractivity contribution >= 4 is 27.8 Å². The predicted octanol–water partition coefficient (Wildman–Crippen LogP) is 1.07. The number of anilines is 1. The van der Waals surface area contributed by atoms with E-state index in [1.54, 1.807) is 0 Å². The van der Waals surface area contributed by atoms with Gasteiger partial charge in [0.1, 0.15) is 24.4 Å². The summed E-state index contributed by atoms with van der Waals surface area (Å²) in [5.41, 5.74) is 1.71. The van der Waals surface area contributed by atoms with E-state index < -0.39 is 31.1 Å².